The highest BCUT2D eigenvalue weighted by Gasteiger charge is 2.29. The first-order valence-corrected chi connectivity index (χ1v) is 17.0. The minimum atomic E-state index is -0.552. The van der Waals surface area contributed by atoms with E-state index in [4.69, 9.17) is 23.5 Å². The lowest BCUT2D eigenvalue weighted by Crippen LogP contribution is -2.30. The second-order valence-corrected chi connectivity index (χ2v) is 12.2. The monoisotopic (exact) mass is 684 g/mol. The lowest BCUT2D eigenvalue weighted by Gasteiger charge is -2.18. The number of amides is 1. The minimum absolute atomic E-state index is 0.0147. The van der Waals surface area contributed by atoms with Crippen molar-refractivity contribution in [3.63, 3.8) is 0 Å². The highest BCUT2D eigenvalue weighted by molar-refractivity contribution is 5.98. The summed E-state index contributed by atoms with van der Waals surface area (Å²) in [6, 6.07) is 27.2. The first kappa shape index (κ1) is 37.7. The van der Waals surface area contributed by atoms with Crippen LogP contribution < -0.4 is 9.47 Å². The first-order valence-electron chi connectivity index (χ1n) is 17.0. The van der Waals surface area contributed by atoms with Gasteiger partial charge in [0.1, 0.15) is 30.6 Å². The highest BCUT2D eigenvalue weighted by Crippen LogP contribution is 2.35. The van der Waals surface area contributed by atoms with Crippen LogP contribution >= 0.6 is 0 Å². The number of hydrogen-bond acceptors (Lipinski definition) is 9. The Kier molecular flexibility index (Phi) is 14.5. The van der Waals surface area contributed by atoms with Gasteiger partial charge in [-0.25, -0.2) is 0 Å². The number of carbonyl (C=O) groups excluding carboxylic acids is 2. The van der Waals surface area contributed by atoms with Gasteiger partial charge in [-0.1, -0.05) is 75.4 Å². The number of methoxy groups -OCH3 is 1. The molecule has 266 valence electrons. The second-order valence-electron chi connectivity index (χ2n) is 12.2. The maximum absolute atomic E-state index is 12.6. The molecule has 0 radical (unpaired) electrons. The Morgan fingerprint density at radius 1 is 0.860 bits per heavy atom. The molecule has 0 saturated heterocycles. The van der Waals surface area contributed by atoms with Crippen molar-refractivity contribution in [1.29, 1.82) is 0 Å². The summed E-state index contributed by atoms with van der Waals surface area (Å²) in [7, 11) is 3.11. The van der Waals surface area contributed by atoms with Gasteiger partial charge in [0.2, 0.25) is 5.91 Å². The van der Waals surface area contributed by atoms with E-state index in [-0.39, 0.29) is 36.0 Å². The zero-order valence-electron chi connectivity index (χ0n) is 29.6. The van der Waals surface area contributed by atoms with Crippen LogP contribution in [0.25, 0.3) is 11.1 Å². The molecule has 0 aliphatic carbocycles. The number of phenols is 1. The molecule has 50 heavy (non-hydrogen) atoms. The summed E-state index contributed by atoms with van der Waals surface area (Å²) >= 11 is 0. The van der Waals surface area contributed by atoms with Gasteiger partial charge >= 0.3 is 5.97 Å². The van der Waals surface area contributed by atoms with Crippen LogP contribution in [0.2, 0.25) is 0 Å². The molecule has 1 N–H and O–H groups in total. The molecule has 10 nitrogen and oxygen atoms in total. The summed E-state index contributed by atoms with van der Waals surface area (Å²) in [5.41, 5.74) is 5.54. The summed E-state index contributed by atoms with van der Waals surface area (Å²) in [5, 5.41) is 13.8. The normalized spacial score (nSPS) is 12.3. The number of allylic oxidation sites excluding steroid dienone is 1. The van der Waals surface area contributed by atoms with Crippen LogP contribution in [0.3, 0.4) is 0 Å². The molecule has 0 saturated carbocycles. The standard InChI is InChI=1S/C40H48N2O8/c1-6-34(29-11-8-7-9-12-29)39(30-14-18-32(43)19-15-30)31-16-20-33(21-17-31)48-24-22-42(4)37(44)13-10-23-47-25-26-49-36-27-35(50-41-36)38(28(2)3)40(45)46-5/h7-9,11-12,14-21,27-28,38,43H,6,10,13,22-26H2,1-5H3/b39-34-. The molecule has 0 bridgehead atoms. The lowest BCUT2D eigenvalue weighted by atomic mass is 9.88. The predicted molar refractivity (Wildman–Crippen MR) is 192 cm³/mol. The maximum Gasteiger partial charge on any atom is 0.316 e. The zero-order valence-corrected chi connectivity index (χ0v) is 29.6. The van der Waals surface area contributed by atoms with E-state index >= 15 is 0 Å². The third kappa shape index (κ3) is 10.7. The number of esters is 1. The van der Waals surface area contributed by atoms with Crippen molar-refractivity contribution in [2.24, 2.45) is 5.92 Å². The number of ether oxygens (including phenoxy) is 4. The number of aromatic hydroxyl groups is 1. The van der Waals surface area contributed by atoms with E-state index in [1.165, 1.54) is 12.7 Å². The third-order valence-corrected chi connectivity index (χ3v) is 8.29. The average molecular weight is 685 g/mol. The Morgan fingerprint density at radius 3 is 2.18 bits per heavy atom. The number of likely N-dealkylation sites (N-methyl/N-ethyl adjacent to an activating group) is 1. The molecule has 1 atom stereocenters. The van der Waals surface area contributed by atoms with Crippen LogP contribution in [0, 0.1) is 5.92 Å². The van der Waals surface area contributed by atoms with Gasteiger partial charge in [-0.2, -0.15) is 0 Å². The molecule has 0 fully saturated rings. The number of aromatic nitrogens is 1. The van der Waals surface area contributed by atoms with Gasteiger partial charge < -0.3 is 33.5 Å². The summed E-state index contributed by atoms with van der Waals surface area (Å²) in [6.45, 7) is 7.76. The van der Waals surface area contributed by atoms with Crippen molar-refractivity contribution < 1.29 is 38.2 Å². The van der Waals surface area contributed by atoms with Gasteiger partial charge in [0.15, 0.2) is 5.76 Å². The molecule has 4 rings (SSSR count). The number of hydrogen-bond donors (Lipinski definition) is 1. The van der Waals surface area contributed by atoms with Crippen LogP contribution in [0.4, 0.5) is 0 Å². The largest absolute Gasteiger partial charge is 0.508 e. The van der Waals surface area contributed by atoms with Crippen molar-refractivity contribution in [1.82, 2.24) is 10.1 Å². The fraction of sp³-hybridized carbons (Fsp3) is 0.375. The number of carbonyl (C=O) groups is 2. The molecule has 1 unspecified atom stereocenters. The van der Waals surface area contributed by atoms with E-state index in [9.17, 15) is 14.7 Å². The summed E-state index contributed by atoms with van der Waals surface area (Å²) in [6.07, 6.45) is 1.77. The molecule has 10 heteroatoms. The van der Waals surface area contributed by atoms with Gasteiger partial charge in [-0.05, 0) is 76.0 Å². The van der Waals surface area contributed by atoms with E-state index in [0.717, 1.165) is 34.4 Å². The quantitative estimate of drug-likeness (QED) is 0.0613. The molecule has 1 amide bonds. The average Bonchev–Trinajstić information content (AvgIpc) is 3.59. The molecule has 4 aromatic rings. The number of nitrogens with zero attached hydrogens (tertiary/aromatic N) is 2. The van der Waals surface area contributed by atoms with E-state index < -0.39 is 5.92 Å². The Labute approximate surface area is 294 Å². The van der Waals surface area contributed by atoms with Gasteiger partial charge in [-0.15, -0.1) is 0 Å². The summed E-state index contributed by atoms with van der Waals surface area (Å²) in [5.74, 6) is 0.677. The van der Waals surface area contributed by atoms with Gasteiger partial charge in [-0.3, -0.25) is 9.59 Å². The van der Waals surface area contributed by atoms with Crippen molar-refractivity contribution in [2.45, 2.75) is 46.0 Å². The van der Waals surface area contributed by atoms with Crippen LogP contribution in [-0.2, 0) is 19.1 Å². The van der Waals surface area contributed by atoms with Crippen molar-refractivity contribution in [3.8, 4) is 17.4 Å². The molecule has 1 aromatic heterocycles. The van der Waals surface area contributed by atoms with Gasteiger partial charge in [0.25, 0.3) is 5.88 Å². The first-order chi connectivity index (χ1) is 24.2. The summed E-state index contributed by atoms with van der Waals surface area (Å²) in [4.78, 5) is 26.3. The van der Waals surface area contributed by atoms with Crippen LogP contribution in [0.15, 0.2) is 89.5 Å². The van der Waals surface area contributed by atoms with Crippen molar-refractivity contribution in [2.75, 3.05) is 47.1 Å². The Hall–Kier alpha value is -5.09. The Bertz CT molecular complexity index is 1660. The van der Waals surface area contributed by atoms with E-state index in [1.54, 1.807) is 30.1 Å². The lowest BCUT2D eigenvalue weighted by molar-refractivity contribution is -0.144. The predicted octanol–water partition coefficient (Wildman–Crippen LogP) is 7.37. The number of benzene rings is 3. The summed E-state index contributed by atoms with van der Waals surface area (Å²) < 4.78 is 27.3. The SMILES string of the molecule is CC/C(=C(\c1ccc(O)cc1)c1ccc(OCCN(C)C(=O)CCCOCCOc2cc(C(C(=O)OC)C(C)C)on2)cc1)c1ccccc1. The van der Waals surface area contributed by atoms with Gasteiger partial charge in [0.05, 0.1) is 20.3 Å². The van der Waals surface area contributed by atoms with Gasteiger partial charge in [0, 0.05) is 26.1 Å². The van der Waals surface area contributed by atoms with Crippen LogP contribution in [-0.4, -0.2) is 74.2 Å². The second kappa shape index (κ2) is 19.2. The highest BCUT2D eigenvalue weighted by atomic mass is 16.6. The zero-order chi connectivity index (χ0) is 35.9. The maximum atomic E-state index is 12.6. The topological polar surface area (TPSA) is 121 Å². The Balaban J connectivity index is 1.18. The smallest absolute Gasteiger partial charge is 0.316 e. The van der Waals surface area contributed by atoms with Crippen molar-refractivity contribution in [3.05, 3.63) is 107 Å². The van der Waals surface area contributed by atoms with Crippen LogP contribution in [0.1, 0.15) is 68.4 Å². The molecule has 1 heterocycles. The van der Waals surface area contributed by atoms with E-state index in [1.807, 2.05) is 68.4 Å². The van der Waals surface area contributed by atoms with Crippen molar-refractivity contribution >= 4 is 23.0 Å². The molecule has 0 aliphatic heterocycles. The molecular formula is C40H48N2O8. The number of phenolic OH excluding ortho intramolecular Hbond substituents is 1. The Morgan fingerprint density at radius 2 is 1.54 bits per heavy atom. The fourth-order valence-corrected chi connectivity index (χ4v) is 5.60. The van der Waals surface area contributed by atoms with E-state index in [0.29, 0.717) is 45.0 Å². The molecule has 3 aromatic carbocycles. The van der Waals surface area contributed by atoms with Crippen LogP contribution in [0.5, 0.6) is 17.4 Å². The minimum Gasteiger partial charge on any atom is -0.508 e. The number of rotatable bonds is 19. The van der Waals surface area contributed by atoms with E-state index in [2.05, 4.69) is 24.2 Å². The molecule has 0 aliphatic rings. The third-order valence-electron chi connectivity index (χ3n) is 8.29. The molecular weight excluding hydrogens is 636 g/mol. The molecule has 0 spiro atoms. The fourth-order valence-electron chi connectivity index (χ4n) is 5.60.